The molecule has 0 aromatic carbocycles. The Morgan fingerprint density at radius 2 is 2.12 bits per heavy atom. The van der Waals surface area contributed by atoms with Gasteiger partial charge in [0.05, 0.1) is 10.7 Å². The third-order valence-corrected chi connectivity index (χ3v) is 4.59. The highest BCUT2D eigenvalue weighted by molar-refractivity contribution is 7.09. The van der Waals surface area contributed by atoms with Crippen LogP contribution in [0.25, 0.3) is 0 Å². The molecule has 94 valence electrons. The SMILES string of the molecule is c1sc(C2CCOCC2)nc1CCNC1CC1. The number of rotatable bonds is 5. The second kappa shape index (κ2) is 5.46. The molecule has 0 spiro atoms. The van der Waals surface area contributed by atoms with Crippen molar-refractivity contribution < 1.29 is 4.74 Å². The first-order valence-electron chi connectivity index (χ1n) is 6.67. The summed E-state index contributed by atoms with van der Waals surface area (Å²) in [6.45, 7) is 2.90. The monoisotopic (exact) mass is 252 g/mol. The number of nitrogens with zero attached hydrogens (tertiary/aromatic N) is 1. The van der Waals surface area contributed by atoms with E-state index in [4.69, 9.17) is 9.72 Å². The predicted molar refractivity (Wildman–Crippen MR) is 69.6 cm³/mol. The van der Waals surface area contributed by atoms with Crippen molar-refractivity contribution in [2.75, 3.05) is 19.8 Å². The molecule has 3 rings (SSSR count). The fraction of sp³-hybridized carbons (Fsp3) is 0.769. The molecule has 1 saturated heterocycles. The van der Waals surface area contributed by atoms with Gasteiger partial charge in [-0.3, -0.25) is 0 Å². The Morgan fingerprint density at radius 1 is 1.29 bits per heavy atom. The van der Waals surface area contributed by atoms with Crippen molar-refractivity contribution in [3.8, 4) is 0 Å². The minimum atomic E-state index is 0.652. The van der Waals surface area contributed by atoms with Gasteiger partial charge in [-0.05, 0) is 25.7 Å². The zero-order chi connectivity index (χ0) is 11.5. The molecule has 0 amide bonds. The van der Waals surface area contributed by atoms with Crippen LogP contribution in [-0.2, 0) is 11.2 Å². The minimum Gasteiger partial charge on any atom is -0.381 e. The van der Waals surface area contributed by atoms with Gasteiger partial charge in [-0.15, -0.1) is 11.3 Å². The summed E-state index contributed by atoms with van der Waals surface area (Å²) in [5, 5.41) is 7.10. The van der Waals surface area contributed by atoms with E-state index in [2.05, 4.69) is 10.7 Å². The molecule has 3 nitrogen and oxygen atoms in total. The molecule has 1 aliphatic heterocycles. The van der Waals surface area contributed by atoms with E-state index in [0.29, 0.717) is 5.92 Å². The predicted octanol–water partition coefficient (Wildman–Crippen LogP) is 2.33. The van der Waals surface area contributed by atoms with Crippen molar-refractivity contribution in [1.29, 1.82) is 0 Å². The summed E-state index contributed by atoms with van der Waals surface area (Å²) in [7, 11) is 0. The summed E-state index contributed by atoms with van der Waals surface area (Å²) in [4.78, 5) is 4.77. The van der Waals surface area contributed by atoms with Crippen LogP contribution in [-0.4, -0.2) is 30.8 Å². The van der Waals surface area contributed by atoms with Crippen LogP contribution in [0, 0.1) is 0 Å². The first-order chi connectivity index (χ1) is 8.42. The van der Waals surface area contributed by atoms with Gasteiger partial charge in [-0.1, -0.05) is 0 Å². The van der Waals surface area contributed by atoms with Gasteiger partial charge in [0.2, 0.25) is 0 Å². The zero-order valence-electron chi connectivity index (χ0n) is 10.2. The molecule has 1 aromatic heterocycles. The molecule has 1 N–H and O–H groups in total. The highest BCUT2D eigenvalue weighted by Crippen LogP contribution is 2.29. The molecular weight excluding hydrogens is 232 g/mol. The van der Waals surface area contributed by atoms with Crippen molar-refractivity contribution in [3.05, 3.63) is 16.1 Å². The van der Waals surface area contributed by atoms with E-state index in [1.54, 1.807) is 0 Å². The van der Waals surface area contributed by atoms with Crippen LogP contribution in [0.1, 0.15) is 42.3 Å². The molecule has 2 heterocycles. The lowest BCUT2D eigenvalue weighted by Crippen LogP contribution is -2.19. The largest absolute Gasteiger partial charge is 0.381 e. The lowest BCUT2D eigenvalue weighted by atomic mass is 10.0. The quantitative estimate of drug-likeness (QED) is 0.873. The molecule has 4 heteroatoms. The lowest BCUT2D eigenvalue weighted by molar-refractivity contribution is 0.0852. The van der Waals surface area contributed by atoms with Gasteiger partial charge in [0.1, 0.15) is 0 Å². The highest BCUT2D eigenvalue weighted by atomic mass is 32.1. The summed E-state index contributed by atoms with van der Waals surface area (Å²) >= 11 is 1.84. The normalized spacial score (nSPS) is 21.9. The Labute approximate surface area is 107 Å². The molecular formula is C13H20N2OS. The lowest BCUT2D eigenvalue weighted by Gasteiger charge is -2.19. The summed E-state index contributed by atoms with van der Waals surface area (Å²) < 4.78 is 5.39. The number of hydrogen-bond donors (Lipinski definition) is 1. The van der Waals surface area contributed by atoms with Gasteiger partial charge in [0.15, 0.2) is 0 Å². The van der Waals surface area contributed by atoms with Crippen molar-refractivity contribution in [1.82, 2.24) is 10.3 Å². The molecule has 0 atom stereocenters. The number of hydrogen-bond acceptors (Lipinski definition) is 4. The topological polar surface area (TPSA) is 34.1 Å². The molecule has 0 radical (unpaired) electrons. The fourth-order valence-electron chi connectivity index (χ4n) is 2.26. The Balaban J connectivity index is 1.49. The highest BCUT2D eigenvalue weighted by Gasteiger charge is 2.21. The second-order valence-electron chi connectivity index (χ2n) is 5.04. The van der Waals surface area contributed by atoms with Crippen LogP contribution < -0.4 is 5.32 Å². The van der Waals surface area contributed by atoms with Gasteiger partial charge in [-0.2, -0.15) is 0 Å². The first kappa shape index (κ1) is 11.6. The maximum atomic E-state index is 5.39. The Morgan fingerprint density at radius 3 is 2.88 bits per heavy atom. The van der Waals surface area contributed by atoms with Crippen molar-refractivity contribution in [2.24, 2.45) is 0 Å². The maximum Gasteiger partial charge on any atom is 0.0960 e. The van der Waals surface area contributed by atoms with Crippen LogP contribution in [0.5, 0.6) is 0 Å². The Hall–Kier alpha value is -0.450. The average molecular weight is 252 g/mol. The fourth-order valence-corrected chi connectivity index (χ4v) is 3.29. The smallest absolute Gasteiger partial charge is 0.0960 e. The van der Waals surface area contributed by atoms with E-state index in [-0.39, 0.29) is 0 Å². The van der Waals surface area contributed by atoms with E-state index in [1.807, 2.05) is 11.3 Å². The molecule has 1 saturated carbocycles. The molecule has 0 unspecified atom stereocenters. The van der Waals surface area contributed by atoms with Gasteiger partial charge >= 0.3 is 0 Å². The second-order valence-corrected chi connectivity index (χ2v) is 5.93. The van der Waals surface area contributed by atoms with E-state index < -0.39 is 0 Å². The summed E-state index contributed by atoms with van der Waals surface area (Å²) in [5.74, 6) is 0.652. The summed E-state index contributed by atoms with van der Waals surface area (Å²) in [5.41, 5.74) is 1.27. The number of ether oxygens (including phenoxy) is 1. The van der Waals surface area contributed by atoms with E-state index in [0.717, 1.165) is 45.1 Å². The number of thiazole rings is 1. The van der Waals surface area contributed by atoms with Gasteiger partial charge in [0.25, 0.3) is 0 Å². The maximum absolute atomic E-state index is 5.39. The molecule has 1 aromatic rings. The Kier molecular flexibility index (Phi) is 3.74. The summed E-state index contributed by atoms with van der Waals surface area (Å²) in [6.07, 6.45) is 6.10. The molecule has 17 heavy (non-hydrogen) atoms. The van der Waals surface area contributed by atoms with Crippen LogP contribution in [0.2, 0.25) is 0 Å². The number of aromatic nitrogens is 1. The van der Waals surface area contributed by atoms with Gasteiger partial charge < -0.3 is 10.1 Å². The third-order valence-electron chi connectivity index (χ3n) is 3.53. The Bertz CT molecular complexity index is 356. The van der Waals surface area contributed by atoms with Crippen LogP contribution in [0.15, 0.2) is 5.38 Å². The van der Waals surface area contributed by atoms with E-state index in [9.17, 15) is 0 Å². The molecule has 2 aliphatic rings. The standard InChI is InChI=1S/C13H20N2OS/c1-2-11(1)14-6-3-12-9-17-13(15-12)10-4-7-16-8-5-10/h9-11,14H,1-8H2. The van der Waals surface area contributed by atoms with Crippen molar-refractivity contribution in [2.45, 2.75) is 44.1 Å². The van der Waals surface area contributed by atoms with Crippen molar-refractivity contribution in [3.63, 3.8) is 0 Å². The molecule has 2 fully saturated rings. The molecule has 0 bridgehead atoms. The van der Waals surface area contributed by atoms with E-state index >= 15 is 0 Å². The van der Waals surface area contributed by atoms with Crippen LogP contribution in [0.3, 0.4) is 0 Å². The minimum absolute atomic E-state index is 0.652. The van der Waals surface area contributed by atoms with Crippen LogP contribution in [0.4, 0.5) is 0 Å². The first-order valence-corrected chi connectivity index (χ1v) is 7.55. The molecule has 1 aliphatic carbocycles. The van der Waals surface area contributed by atoms with E-state index in [1.165, 1.54) is 23.5 Å². The zero-order valence-corrected chi connectivity index (χ0v) is 11.0. The summed E-state index contributed by atoms with van der Waals surface area (Å²) in [6, 6.07) is 0.809. The van der Waals surface area contributed by atoms with Gasteiger partial charge in [0, 0.05) is 43.5 Å². The average Bonchev–Trinajstić information content (AvgIpc) is 3.07. The van der Waals surface area contributed by atoms with Crippen molar-refractivity contribution >= 4 is 11.3 Å². The van der Waals surface area contributed by atoms with Gasteiger partial charge in [-0.25, -0.2) is 4.98 Å². The third kappa shape index (κ3) is 3.27. The van der Waals surface area contributed by atoms with Crippen LogP contribution >= 0.6 is 11.3 Å². The number of nitrogens with one attached hydrogen (secondary N) is 1.